The highest BCUT2D eigenvalue weighted by molar-refractivity contribution is 6.03. The topological polar surface area (TPSA) is 94.8 Å². The van der Waals surface area contributed by atoms with E-state index < -0.39 is 17.8 Å². The van der Waals surface area contributed by atoms with Crippen molar-refractivity contribution in [2.75, 3.05) is 22.6 Å². The summed E-state index contributed by atoms with van der Waals surface area (Å²) in [5.41, 5.74) is 2.55. The fourth-order valence-electron chi connectivity index (χ4n) is 4.89. The molecule has 3 N–H and O–H groups in total. The smallest absolute Gasteiger partial charge is 0.339 e. The minimum absolute atomic E-state index is 0.0674. The average molecular weight is 480 g/mol. The van der Waals surface area contributed by atoms with E-state index in [-0.39, 0.29) is 11.3 Å². The number of rotatable bonds is 6. The Morgan fingerprint density at radius 1 is 1.00 bits per heavy atom. The molecule has 4 rings (SSSR count). The van der Waals surface area contributed by atoms with E-state index in [0.29, 0.717) is 34.4 Å². The number of nitrogens with one attached hydrogen (secondary N) is 2. The molecule has 0 spiro atoms. The van der Waals surface area contributed by atoms with Crippen molar-refractivity contribution in [3.63, 3.8) is 0 Å². The highest BCUT2D eigenvalue weighted by atomic mass is 19.1. The Bertz CT molecular complexity index is 1250. The lowest BCUT2D eigenvalue weighted by Crippen LogP contribution is -2.34. The number of nitrogens with zero attached hydrogens (tertiary/aromatic N) is 1. The fourth-order valence-corrected chi connectivity index (χ4v) is 4.89. The van der Waals surface area contributed by atoms with Crippen LogP contribution in [0.3, 0.4) is 0 Å². The third kappa shape index (κ3) is 5.16. The molecule has 1 fully saturated rings. The standard InChI is InChI=1S/C27H30FN3O4/c1-16-24(25(26(32)33)17(2)35-16)18-13-14-23(31(3)19-9-5-4-6-10-19)22(15-18)30-27(34)29-21-12-8-7-11-20(21)28/h7-8,11-15,19H,4-6,9-10H2,1-3H3,(H,32,33)(H2,29,30,34). The summed E-state index contributed by atoms with van der Waals surface area (Å²) in [4.78, 5) is 26.9. The van der Waals surface area contributed by atoms with Gasteiger partial charge in [-0.15, -0.1) is 0 Å². The average Bonchev–Trinajstić information content (AvgIpc) is 3.14. The van der Waals surface area contributed by atoms with Crippen molar-refractivity contribution >= 4 is 29.1 Å². The van der Waals surface area contributed by atoms with Crippen LogP contribution in [0.25, 0.3) is 11.1 Å². The van der Waals surface area contributed by atoms with E-state index in [0.717, 1.165) is 31.4 Å². The lowest BCUT2D eigenvalue weighted by Gasteiger charge is -2.34. The SMILES string of the molecule is Cc1oc(C)c(-c2ccc(N(C)C3CCCCC3)c(NC(=O)Nc3ccccc3F)c2)c1C(=O)O. The molecular weight excluding hydrogens is 449 g/mol. The first-order valence-corrected chi connectivity index (χ1v) is 11.8. The molecule has 1 aliphatic carbocycles. The zero-order valence-corrected chi connectivity index (χ0v) is 20.2. The van der Waals surface area contributed by atoms with Crippen LogP contribution in [0.5, 0.6) is 0 Å². The van der Waals surface area contributed by atoms with Crippen LogP contribution < -0.4 is 15.5 Å². The van der Waals surface area contributed by atoms with Crippen molar-refractivity contribution in [3.05, 3.63) is 65.4 Å². The Kier molecular flexibility index (Phi) is 7.10. The lowest BCUT2D eigenvalue weighted by atomic mass is 9.93. The molecular formula is C27H30FN3O4. The van der Waals surface area contributed by atoms with Crippen LogP contribution in [0.15, 0.2) is 46.9 Å². The molecule has 0 bridgehead atoms. The maximum Gasteiger partial charge on any atom is 0.339 e. The van der Waals surface area contributed by atoms with Gasteiger partial charge >= 0.3 is 12.0 Å². The van der Waals surface area contributed by atoms with E-state index in [1.807, 2.05) is 19.2 Å². The number of para-hydroxylation sites is 1. The summed E-state index contributed by atoms with van der Waals surface area (Å²) in [6.07, 6.45) is 5.64. The highest BCUT2D eigenvalue weighted by Crippen LogP contribution is 2.38. The van der Waals surface area contributed by atoms with Crippen LogP contribution in [0, 0.1) is 19.7 Å². The Labute approximate surface area is 203 Å². The molecule has 0 atom stereocenters. The summed E-state index contributed by atoms with van der Waals surface area (Å²) >= 11 is 0. The number of furan rings is 1. The molecule has 0 aliphatic heterocycles. The predicted octanol–water partition coefficient (Wildman–Crippen LogP) is 6.81. The monoisotopic (exact) mass is 479 g/mol. The van der Waals surface area contributed by atoms with E-state index >= 15 is 0 Å². The molecule has 1 saturated carbocycles. The molecule has 0 radical (unpaired) electrons. The zero-order chi connectivity index (χ0) is 25.1. The molecule has 1 aromatic heterocycles. The van der Waals surface area contributed by atoms with Gasteiger partial charge in [-0.3, -0.25) is 0 Å². The molecule has 7 nitrogen and oxygen atoms in total. The molecule has 0 unspecified atom stereocenters. The van der Waals surface area contributed by atoms with Crippen molar-refractivity contribution in [1.29, 1.82) is 0 Å². The Morgan fingerprint density at radius 3 is 2.37 bits per heavy atom. The third-order valence-corrected chi connectivity index (χ3v) is 6.63. The van der Waals surface area contributed by atoms with E-state index in [1.54, 1.807) is 32.0 Å². The molecule has 1 heterocycles. The highest BCUT2D eigenvalue weighted by Gasteiger charge is 2.25. The number of carboxylic acid groups (broad SMARTS) is 1. The molecule has 8 heteroatoms. The molecule has 2 aromatic carbocycles. The van der Waals surface area contributed by atoms with Gasteiger partial charge in [0.1, 0.15) is 22.9 Å². The summed E-state index contributed by atoms with van der Waals surface area (Å²) in [5, 5.41) is 15.2. The largest absolute Gasteiger partial charge is 0.478 e. The number of carboxylic acids is 1. The van der Waals surface area contributed by atoms with Gasteiger partial charge in [0.25, 0.3) is 0 Å². The molecule has 184 valence electrons. The van der Waals surface area contributed by atoms with Crippen molar-refractivity contribution in [1.82, 2.24) is 0 Å². The molecule has 1 aliphatic rings. The predicted molar refractivity (Wildman–Crippen MR) is 135 cm³/mol. The summed E-state index contributed by atoms with van der Waals surface area (Å²) < 4.78 is 19.7. The first-order chi connectivity index (χ1) is 16.8. The van der Waals surface area contributed by atoms with Crippen LogP contribution in [0.1, 0.15) is 54.0 Å². The minimum atomic E-state index is -1.08. The van der Waals surface area contributed by atoms with Crippen LogP contribution in [0.4, 0.5) is 26.2 Å². The Morgan fingerprint density at radius 2 is 1.69 bits per heavy atom. The number of halogens is 1. The number of anilines is 3. The van der Waals surface area contributed by atoms with E-state index in [1.165, 1.54) is 18.6 Å². The first kappa shape index (κ1) is 24.3. The van der Waals surface area contributed by atoms with Gasteiger partial charge in [-0.25, -0.2) is 14.0 Å². The van der Waals surface area contributed by atoms with Crippen LogP contribution >= 0.6 is 0 Å². The number of benzene rings is 2. The number of aromatic carboxylic acids is 1. The van der Waals surface area contributed by atoms with Gasteiger partial charge in [0, 0.05) is 18.7 Å². The fraction of sp³-hybridized carbons (Fsp3) is 0.333. The van der Waals surface area contributed by atoms with Gasteiger partial charge < -0.3 is 25.1 Å². The Balaban J connectivity index is 1.73. The molecule has 0 saturated heterocycles. The van der Waals surface area contributed by atoms with Crippen molar-refractivity contribution < 1.29 is 23.5 Å². The van der Waals surface area contributed by atoms with Crippen molar-refractivity contribution in [3.8, 4) is 11.1 Å². The number of amides is 2. The number of aryl methyl sites for hydroxylation is 2. The second-order valence-electron chi connectivity index (χ2n) is 8.96. The third-order valence-electron chi connectivity index (χ3n) is 6.63. The Hall–Kier alpha value is -3.81. The molecule has 35 heavy (non-hydrogen) atoms. The number of urea groups is 1. The van der Waals surface area contributed by atoms with E-state index in [9.17, 15) is 19.1 Å². The summed E-state index contributed by atoms with van der Waals surface area (Å²) in [6, 6.07) is 11.2. The van der Waals surface area contributed by atoms with E-state index in [4.69, 9.17) is 4.42 Å². The van der Waals surface area contributed by atoms with Gasteiger partial charge in [0.15, 0.2) is 0 Å². The van der Waals surface area contributed by atoms with Crippen molar-refractivity contribution in [2.24, 2.45) is 0 Å². The summed E-state index contributed by atoms with van der Waals surface area (Å²) in [6.45, 7) is 3.33. The maximum absolute atomic E-state index is 14.1. The quantitative estimate of drug-likeness (QED) is 0.361. The first-order valence-electron chi connectivity index (χ1n) is 11.8. The van der Waals surface area contributed by atoms with Gasteiger partial charge in [0.05, 0.1) is 17.1 Å². The number of carbonyl (C=O) groups excluding carboxylic acids is 1. The van der Waals surface area contributed by atoms with Gasteiger partial charge in [-0.1, -0.05) is 37.5 Å². The van der Waals surface area contributed by atoms with Crippen LogP contribution in [-0.2, 0) is 0 Å². The van der Waals surface area contributed by atoms with E-state index in [2.05, 4.69) is 15.5 Å². The number of hydrogen-bond acceptors (Lipinski definition) is 4. The maximum atomic E-state index is 14.1. The number of carbonyl (C=O) groups is 2. The number of hydrogen-bond donors (Lipinski definition) is 3. The summed E-state index contributed by atoms with van der Waals surface area (Å²) in [7, 11) is 2.00. The second kappa shape index (κ2) is 10.2. The van der Waals surface area contributed by atoms with Crippen LogP contribution in [0.2, 0.25) is 0 Å². The molecule has 3 aromatic rings. The normalized spacial score (nSPS) is 13.9. The summed E-state index contributed by atoms with van der Waals surface area (Å²) in [5.74, 6) is -0.814. The van der Waals surface area contributed by atoms with Gasteiger partial charge in [-0.2, -0.15) is 0 Å². The van der Waals surface area contributed by atoms with Gasteiger partial charge in [0.2, 0.25) is 0 Å². The minimum Gasteiger partial charge on any atom is -0.478 e. The molecule has 2 amide bonds. The zero-order valence-electron chi connectivity index (χ0n) is 20.2. The van der Waals surface area contributed by atoms with Gasteiger partial charge in [-0.05, 0) is 56.5 Å². The van der Waals surface area contributed by atoms with Crippen LogP contribution in [-0.4, -0.2) is 30.2 Å². The lowest BCUT2D eigenvalue weighted by molar-refractivity contribution is 0.0695. The van der Waals surface area contributed by atoms with Crippen molar-refractivity contribution in [2.45, 2.75) is 52.0 Å². The second-order valence-corrected chi connectivity index (χ2v) is 8.96.